The number of hydrogen-bond donors (Lipinski definition) is 2. The van der Waals surface area contributed by atoms with E-state index in [1.807, 2.05) is 55.8 Å². The first-order valence-electron chi connectivity index (χ1n) is 11.7. The van der Waals surface area contributed by atoms with Crippen molar-refractivity contribution >= 4 is 29.0 Å². The molecule has 0 unspecified atom stereocenters. The van der Waals surface area contributed by atoms with Gasteiger partial charge in [0, 0.05) is 31.0 Å². The van der Waals surface area contributed by atoms with Crippen LogP contribution >= 0.6 is 0 Å². The molecule has 3 aromatic rings. The van der Waals surface area contributed by atoms with Gasteiger partial charge >= 0.3 is 0 Å². The van der Waals surface area contributed by atoms with E-state index in [1.165, 1.54) is 6.07 Å². The molecule has 184 valence electrons. The molecule has 0 aliphatic carbocycles. The number of aromatic nitrogens is 2. The van der Waals surface area contributed by atoms with Crippen molar-refractivity contribution in [1.29, 1.82) is 0 Å². The fourth-order valence-electron chi connectivity index (χ4n) is 4.15. The summed E-state index contributed by atoms with van der Waals surface area (Å²) in [5, 5.41) is 10.3. The van der Waals surface area contributed by atoms with Gasteiger partial charge < -0.3 is 15.5 Å². The molecule has 1 aromatic heterocycles. The maximum Gasteiger partial charge on any atom is 0.227 e. The van der Waals surface area contributed by atoms with E-state index in [2.05, 4.69) is 15.5 Å². The monoisotopic (exact) mass is 481 g/mol. The molecule has 1 fully saturated rings. The summed E-state index contributed by atoms with van der Waals surface area (Å²) >= 11 is 0. The summed E-state index contributed by atoms with van der Waals surface area (Å²) in [6.45, 7) is 6.62. The molecule has 2 aromatic carbocycles. The van der Waals surface area contributed by atoms with Crippen LogP contribution in [0.1, 0.15) is 32.4 Å². The number of aryl methyl sites for hydroxylation is 1. The zero-order chi connectivity index (χ0) is 25.1. The molecule has 4 rings (SSSR count). The van der Waals surface area contributed by atoms with E-state index < -0.39 is 11.6 Å². The minimum absolute atomic E-state index is 0.0321. The molecule has 0 atom stereocenters. The van der Waals surface area contributed by atoms with Crippen LogP contribution in [-0.4, -0.2) is 34.7 Å². The number of anilines is 3. The third kappa shape index (κ3) is 5.34. The Morgan fingerprint density at radius 1 is 1.03 bits per heavy atom. The first kappa shape index (κ1) is 24.4. The van der Waals surface area contributed by atoms with Gasteiger partial charge in [-0.05, 0) is 44.0 Å². The van der Waals surface area contributed by atoms with Crippen LogP contribution in [0.25, 0.3) is 5.69 Å². The number of carbonyl (C=O) groups is 2. The van der Waals surface area contributed by atoms with Gasteiger partial charge in [-0.2, -0.15) is 5.10 Å². The Bertz CT molecular complexity index is 1220. The zero-order valence-corrected chi connectivity index (χ0v) is 20.0. The lowest BCUT2D eigenvalue weighted by atomic mass is 9.95. The SMILES string of the molecule is Cc1nn(-c2ccccc2)c(N2CCC(C(=O)Nc3ccc(F)cc3F)CC2)c1NC(=O)C(C)C. The molecule has 7 nitrogen and oxygen atoms in total. The third-order valence-electron chi connectivity index (χ3n) is 6.16. The summed E-state index contributed by atoms with van der Waals surface area (Å²) in [4.78, 5) is 27.4. The van der Waals surface area contributed by atoms with E-state index >= 15 is 0 Å². The van der Waals surface area contributed by atoms with Gasteiger partial charge in [-0.3, -0.25) is 9.59 Å². The highest BCUT2D eigenvalue weighted by atomic mass is 19.1. The number of rotatable bonds is 6. The van der Waals surface area contributed by atoms with Gasteiger partial charge in [0.1, 0.15) is 17.3 Å². The van der Waals surface area contributed by atoms with E-state index in [1.54, 1.807) is 0 Å². The van der Waals surface area contributed by atoms with Crippen molar-refractivity contribution < 1.29 is 18.4 Å². The Labute approximate surface area is 203 Å². The number of amides is 2. The quantitative estimate of drug-likeness (QED) is 0.525. The van der Waals surface area contributed by atoms with Crippen LogP contribution < -0.4 is 15.5 Å². The molecule has 0 bridgehead atoms. The highest BCUT2D eigenvalue weighted by molar-refractivity contribution is 5.96. The minimum atomic E-state index is -0.802. The molecular formula is C26H29F2N5O2. The lowest BCUT2D eigenvalue weighted by Gasteiger charge is -2.33. The number of hydrogen-bond acceptors (Lipinski definition) is 4. The van der Waals surface area contributed by atoms with Crippen molar-refractivity contribution in [1.82, 2.24) is 9.78 Å². The van der Waals surface area contributed by atoms with E-state index in [0.29, 0.717) is 37.3 Å². The molecule has 0 saturated carbocycles. The molecule has 2 N–H and O–H groups in total. The number of nitrogens with one attached hydrogen (secondary N) is 2. The largest absolute Gasteiger partial charge is 0.355 e. The molecule has 35 heavy (non-hydrogen) atoms. The smallest absolute Gasteiger partial charge is 0.227 e. The number of piperidine rings is 1. The number of nitrogens with zero attached hydrogens (tertiary/aromatic N) is 3. The highest BCUT2D eigenvalue weighted by Gasteiger charge is 2.30. The van der Waals surface area contributed by atoms with Crippen molar-refractivity contribution in [2.45, 2.75) is 33.6 Å². The van der Waals surface area contributed by atoms with E-state index in [0.717, 1.165) is 23.6 Å². The van der Waals surface area contributed by atoms with Crippen molar-refractivity contribution in [3.63, 3.8) is 0 Å². The van der Waals surface area contributed by atoms with Gasteiger partial charge in [-0.1, -0.05) is 32.0 Å². The van der Waals surface area contributed by atoms with Gasteiger partial charge in [0.2, 0.25) is 11.8 Å². The van der Waals surface area contributed by atoms with Crippen molar-refractivity contribution in [2.75, 3.05) is 28.6 Å². The maximum absolute atomic E-state index is 14.0. The van der Waals surface area contributed by atoms with Gasteiger partial charge in [-0.25, -0.2) is 13.5 Å². The van der Waals surface area contributed by atoms with Gasteiger partial charge in [-0.15, -0.1) is 0 Å². The lowest BCUT2D eigenvalue weighted by Crippen LogP contribution is -2.39. The second-order valence-corrected chi connectivity index (χ2v) is 9.05. The Hall–Kier alpha value is -3.75. The summed E-state index contributed by atoms with van der Waals surface area (Å²) in [5.74, 6) is -1.63. The maximum atomic E-state index is 14.0. The average molecular weight is 482 g/mol. The second kappa shape index (κ2) is 10.2. The van der Waals surface area contributed by atoms with Crippen LogP contribution in [0.2, 0.25) is 0 Å². The van der Waals surface area contributed by atoms with E-state index in [9.17, 15) is 18.4 Å². The van der Waals surface area contributed by atoms with Crippen molar-refractivity contribution in [3.8, 4) is 5.69 Å². The predicted octanol–water partition coefficient (Wildman–Crippen LogP) is 4.91. The molecule has 2 heterocycles. The Morgan fingerprint density at radius 3 is 2.34 bits per heavy atom. The van der Waals surface area contributed by atoms with Crippen LogP contribution in [0.5, 0.6) is 0 Å². The molecule has 0 radical (unpaired) electrons. The van der Waals surface area contributed by atoms with Crippen molar-refractivity contribution in [3.05, 3.63) is 65.9 Å². The van der Waals surface area contributed by atoms with Crippen LogP contribution in [0, 0.1) is 30.4 Å². The second-order valence-electron chi connectivity index (χ2n) is 9.05. The molecular weight excluding hydrogens is 452 g/mol. The minimum Gasteiger partial charge on any atom is -0.355 e. The molecule has 1 aliphatic rings. The Balaban J connectivity index is 1.55. The number of benzene rings is 2. The van der Waals surface area contributed by atoms with Crippen LogP contribution in [0.15, 0.2) is 48.5 Å². The lowest BCUT2D eigenvalue weighted by molar-refractivity contribution is -0.120. The predicted molar refractivity (Wildman–Crippen MR) is 132 cm³/mol. The molecule has 1 aliphatic heterocycles. The highest BCUT2D eigenvalue weighted by Crippen LogP contribution is 2.35. The summed E-state index contributed by atoms with van der Waals surface area (Å²) in [6.07, 6.45) is 1.07. The fraction of sp³-hybridized carbons (Fsp3) is 0.346. The third-order valence-corrected chi connectivity index (χ3v) is 6.16. The first-order valence-corrected chi connectivity index (χ1v) is 11.7. The fourth-order valence-corrected chi connectivity index (χ4v) is 4.15. The van der Waals surface area contributed by atoms with Gasteiger partial charge in [0.15, 0.2) is 5.82 Å². The normalized spacial score (nSPS) is 14.3. The Kier molecular flexibility index (Phi) is 7.14. The molecule has 2 amide bonds. The molecule has 1 saturated heterocycles. The van der Waals surface area contributed by atoms with E-state index in [4.69, 9.17) is 5.10 Å². The topological polar surface area (TPSA) is 79.3 Å². The number of halogens is 2. The zero-order valence-electron chi connectivity index (χ0n) is 20.0. The summed E-state index contributed by atoms with van der Waals surface area (Å²) in [6, 6.07) is 12.8. The van der Waals surface area contributed by atoms with Gasteiger partial charge in [0.05, 0.1) is 17.1 Å². The van der Waals surface area contributed by atoms with Gasteiger partial charge in [0.25, 0.3) is 0 Å². The summed E-state index contributed by atoms with van der Waals surface area (Å²) in [5.41, 5.74) is 2.19. The van der Waals surface area contributed by atoms with Crippen molar-refractivity contribution in [2.24, 2.45) is 11.8 Å². The molecule has 9 heteroatoms. The molecule has 0 spiro atoms. The average Bonchev–Trinajstić information content (AvgIpc) is 3.17. The van der Waals surface area contributed by atoms with Crippen LogP contribution in [0.4, 0.5) is 26.0 Å². The van der Waals surface area contributed by atoms with Crippen LogP contribution in [-0.2, 0) is 9.59 Å². The number of para-hydroxylation sites is 1. The van der Waals surface area contributed by atoms with E-state index in [-0.39, 0.29) is 29.3 Å². The standard InChI is InChI=1S/C26H29F2N5O2/c1-16(2)24(34)30-23-17(3)31-33(20-7-5-4-6-8-20)26(23)32-13-11-18(12-14-32)25(35)29-22-10-9-19(27)15-21(22)28/h4-10,15-16,18H,11-14H2,1-3H3,(H,29,35)(H,30,34). The van der Waals surface area contributed by atoms with Crippen LogP contribution in [0.3, 0.4) is 0 Å². The Morgan fingerprint density at radius 2 is 1.71 bits per heavy atom. The number of carbonyl (C=O) groups excluding carboxylic acids is 2. The summed E-state index contributed by atoms with van der Waals surface area (Å²) < 4.78 is 29.0. The summed E-state index contributed by atoms with van der Waals surface area (Å²) in [7, 11) is 0. The first-order chi connectivity index (χ1) is 16.7.